The second-order valence-electron chi connectivity index (χ2n) is 4.07. The predicted molar refractivity (Wildman–Crippen MR) is 60.7 cm³/mol. The van der Waals surface area contributed by atoms with Crippen molar-refractivity contribution in [3.63, 3.8) is 0 Å². The summed E-state index contributed by atoms with van der Waals surface area (Å²) in [6.45, 7) is 0.997. The van der Waals surface area contributed by atoms with Crippen molar-refractivity contribution < 1.29 is 14.3 Å². The average molecular weight is 233 g/mol. The minimum atomic E-state index is -0.529. The summed E-state index contributed by atoms with van der Waals surface area (Å²) in [7, 11) is 0. The van der Waals surface area contributed by atoms with E-state index in [0.717, 1.165) is 0 Å². The van der Waals surface area contributed by atoms with Gasteiger partial charge in [0.05, 0.1) is 24.8 Å². The molecule has 3 rings (SSSR count). The number of amides is 1. The molecule has 2 aromatic rings. The molecule has 0 bridgehead atoms. The van der Waals surface area contributed by atoms with Crippen LogP contribution in [0.25, 0.3) is 11.1 Å². The van der Waals surface area contributed by atoms with Crippen LogP contribution >= 0.6 is 0 Å². The monoisotopic (exact) mass is 233 g/mol. The summed E-state index contributed by atoms with van der Waals surface area (Å²) < 4.78 is 5.51. The van der Waals surface area contributed by atoms with Gasteiger partial charge in [-0.15, -0.1) is 0 Å². The maximum Gasteiger partial charge on any atom is 0.298 e. The first-order chi connectivity index (χ1) is 8.15. The molecule has 17 heavy (non-hydrogen) atoms. The van der Waals surface area contributed by atoms with Gasteiger partial charge in [0.1, 0.15) is 5.52 Å². The van der Waals surface area contributed by atoms with Gasteiger partial charge in [-0.1, -0.05) is 6.07 Å². The summed E-state index contributed by atoms with van der Waals surface area (Å²) in [5.74, 6) is -0.529. The van der Waals surface area contributed by atoms with E-state index in [-0.39, 0.29) is 6.10 Å². The van der Waals surface area contributed by atoms with Gasteiger partial charge in [-0.25, -0.2) is 0 Å². The number of oxazole rings is 1. The number of rotatable bonds is 2. The Morgan fingerprint density at radius 3 is 2.94 bits per heavy atom. The van der Waals surface area contributed by atoms with Gasteiger partial charge in [0.15, 0.2) is 5.58 Å². The molecule has 0 unspecified atom stereocenters. The molecular weight excluding hydrogens is 222 g/mol. The lowest BCUT2D eigenvalue weighted by molar-refractivity contribution is 0.100. The van der Waals surface area contributed by atoms with Crippen LogP contribution in [-0.4, -0.2) is 35.2 Å². The Morgan fingerprint density at radius 1 is 1.53 bits per heavy atom. The van der Waals surface area contributed by atoms with E-state index in [1.807, 2.05) is 0 Å². The maximum atomic E-state index is 11.2. The zero-order valence-corrected chi connectivity index (χ0v) is 8.96. The predicted octanol–water partition coefficient (Wildman–Crippen LogP) is 0.108. The van der Waals surface area contributed by atoms with Crippen molar-refractivity contribution >= 4 is 23.0 Å². The number of benzene rings is 1. The number of para-hydroxylation sites is 1. The molecule has 6 nitrogen and oxygen atoms in total. The Kier molecular flexibility index (Phi) is 2.05. The number of β-amino-alcohol motifs (C(OH)–C–C–N with tert-alkyl or cyclic N) is 1. The second kappa shape index (κ2) is 3.46. The Labute approximate surface area is 96.6 Å². The molecule has 1 fully saturated rings. The van der Waals surface area contributed by atoms with Gasteiger partial charge in [-0.2, -0.15) is 4.98 Å². The number of carbonyl (C=O) groups is 1. The number of aliphatic hydroxyl groups is 1. The Hall–Kier alpha value is -2.08. The number of nitrogens with two attached hydrogens (primary N) is 1. The molecule has 1 aliphatic heterocycles. The van der Waals surface area contributed by atoms with E-state index in [4.69, 9.17) is 10.2 Å². The Morgan fingerprint density at radius 2 is 2.29 bits per heavy atom. The van der Waals surface area contributed by atoms with Crippen LogP contribution in [0.1, 0.15) is 10.4 Å². The van der Waals surface area contributed by atoms with Gasteiger partial charge in [-0.05, 0) is 12.1 Å². The van der Waals surface area contributed by atoms with E-state index in [0.29, 0.717) is 35.8 Å². The lowest BCUT2D eigenvalue weighted by Gasteiger charge is -2.34. The van der Waals surface area contributed by atoms with Crippen LogP contribution in [-0.2, 0) is 0 Å². The zero-order valence-electron chi connectivity index (χ0n) is 8.96. The van der Waals surface area contributed by atoms with Gasteiger partial charge >= 0.3 is 0 Å². The fourth-order valence-electron chi connectivity index (χ4n) is 1.88. The molecule has 3 N–H and O–H groups in total. The van der Waals surface area contributed by atoms with Crippen LogP contribution in [0.15, 0.2) is 22.6 Å². The molecule has 1 saturated heterocycles. The van der Waals surface area contributed by atoms with Crippen LogP contribution in [0.4, 0.5) is 6.01 Å². The number of primary amides is 1. The highest BCUT2D eigenvalue weighted by atomic mass is 16.4. The molecule has 0 atom stereocenters. The van der Waals surface area contributed by atoms with Crippen LogP contribution in [0, 0.1) is 0 Å². The number of hydrogen-bond donors (Lipinski definition) is 2. The topological polar surface area (TPSA) is 92.6 Å². The van der Waals surface area contributed by atoms with E-state index in [2.05, 4.69) is 4.98 Å². The SMILES string of the molecule is NC(=O)c1cccc2oc(N3CC(O)C3)nc12. The molecule has 0 spiro atoms. The van der Waals surface area contributed by atoms with Crippen LogP contribution in [0.3, 0.4) is 0 Å². The minimum absolute atomic E-state index is 0.333. The molecule has 6 heteroatoms. The van der Waals surface area contributed by atoms with Crippen molar-refractivity contribution in [2.75, 3.05) is 18.0 Å². The average Bonchev–Trinajstić information content (AvgIpc) is 2.66. The largest absolute Gasteiger partial charge is 0.423 e. The summed E-state index contributed by atoms with van der Waals surface area (Å²) >= 11 is 0. The van der Waals surface area contributed by atoms with Crippen LogP contribution in [0.5, 0.6) is 0 Å². The highest BCUT2D eigenvalue weighted by molar-refractivity contribution is 6.03. The van der Waals surface area contributed by atoms with Gasteiger partial charge in [-0.3, -0.25) is 4.79 Å². The molecule has 1 aliphatic rings. The lowest BCUT2D eigenvalue weighted by atomic mass is 10.2. The summed E-state index contributed by atoms with van der Waals surface area (Å²) in [4.78, 5) is 17.3. The summed E-state index contributed by atoms with van der Waals surface area (Å²) in [6.07, 6.45) is -0.333. The second-order valence-corrected chi connectivity index (χ2v) is 4.07. The highest BCUT2D eigenvalue weighted by Gasteiger charge is 2.28. The molecule has 1 amide bonds. The van der Waals surface area contributed by atoms with Crippen molar-refractivity contribution in [1.29, 1.82) is 0 Å². The standard InChI is InChI=1S/C11H11N3O3/c12-10(16)7-2-1-3-8-9(7)13-11(17-8)14-4-6(15)5-14/h1-3,6,15H,4-5H2,(H2,12,16). The molecule has 88 valence electrons. The third-order valence-corrected chi connectivity index (χ3v) is 2.81. The van der Waals surface area contributed by atoms with Crippen molar-refractivity contribution in [3.8, 4) is 0 Å². The van der Waals surface area contributed by atoms with Gasteiger partial charge < -0.3 is 20.2 Å². The van der Waals surface area contributed by atoms with Crippen LogP contribution < -0.4 is 10.6 Å². The number of anilines is 1. The van der Waals surface area contributed by atoms with Crippen molar-refractivity contribution in [1.82, 2.24) is 4.98 Å². The lowest BCUT2D eigenvalue weighted by Crippen LogP contribution is -2.51. The number of aliphatic hydroxyl groups excluding tert-OH is 1. The number of hydrogen-bond acceptors (Lipinski definition) is 5. The van der Waals surface area contributed by atoms with Crippen LogP contribution in [0.2, 0.25) is 0 Å². The van der Waals surface area contributed by atoms with Gasteiger partial charge in [0.25, 0.3) is 11.9 Å². The van der Waals surface area contributed by atoms with Gasteiger partial charge in [0.2, 0.25) is 0 Å². The zero-order chi connectivity index (χ0) is 12.0. The first-order valence-electron chi connectivity index (χ1n) is 5.27. The minimum Gasteiger partial charge on any atom is -0.423 e. The smallest absolute Gasteiger partial charge is 0.298 e. The third kappa shape index (κ3) is 1.53. The first kappa shape index (κ1) is 10.1. The fraction of sp³-hybridized carbons (Fsp3) is 0.273. The van der Waals surface area contributed by atoms with Crippen molar-refractivity contribution in [2.45, 2.75) is 6.10 Å². The number of carbonyl (C=O) groups excluding carboxylic acids is 1. The molecule has 0 aliphatic carbocycles. The number of fused-ring (bicyclic) bond motifs is 1. The van der Waals surface area contributed by atoms with E-state index >= 15 is 0 Å². The summed E-state index contributed by atoms with van der Waals surface area (Å²) in [6, 6.07) is 5.46. The third-order valence-electron chi connectivity index (χ3n) is 2.81. The van der Waals surface area contributed by atoms with E-state index in [1.165, 1.54) is 0 Å². The molecule has 2 heterocycles. The molecular formula is C11H11N3O3. The van der Waals surface area contributed by atoms with E-state index in [1.54, 1.807) is 23.1 Å². The fourth-order valence-corrected chi connectivity index (χ4v) is 1.88. The molecule has 1 aromatic carbocycles. The number of aromatic nitrogens is 1. The van der Waals surface area contributed by atoms with Crippen molar-refractivity contribution in [3.05, 3.63) is 23.8 Å². The van der Waals surface area contributed by atoms with E-state index < -0.39 is 5.91 Å². The summed E-state index contributed by atoms with van der Waals surface area (Å²) in [5.41, 5.74) is 6.60. The quantitative estimate of drug-likeness (QED) is 0.767. The van der Waals surface area contributed by atoms with Gasteiger partial charge in [0, 0.05) is 0 Å². The molecule has 0 saturated carbocycles. The molecule has 0 radical (unpaired) electrons. The normalized spacial score (nSPS) is 16.2. The Bertz CT molecular complexity index is 587. The highest BCUT2D eigenvalue weighted by Crippen LogP contribution is 2.27. The maximum absolute atomic E-state index is 11.2. The molecule has 1 aromatic heterocycles. The van der Waals surface area contributed by atoms with Crippen molar-refractivity contribution in [2.24, 2.45) is 5.73 Å². The first-order valence-corrected chi connectivity index (χ1v) is 5.27. The summed E-state index contributed by atoms with van der Waals surface area (Å²) in [5, 5.41) is 9.21. The number of nitrogens with zero attached hydrogens (tertiary/aromatic N) is 2. The Balaban J connectivity index is 2.06. The van der Waals surface area contributed by atoms with E-state index in [9.17, 15) is 9.90 Å².